The number of aromatic nitrogens is 4. The first-order valence-electron chi connectivity index (χ1n) is 13.7. The van der Waals surface area contributed by atoms with Crippen LogP contribution in [-0.4, -0.2) is 62.3 Å². The van der Waals surface area contributed by atoms with Crippen molar-refractivity contribution >= 4 is 17.6 Å². The highest BCUT2D eigenvalue weighted by atomic mass is 19.1. The Hall–Kier alpha value is -4.84. The molecular weight excluding hydrogens is 543 g/mol. The minimum atomic E-state index is -0.709. The van der Waals surface area contributed by atoms with Gasteiger partial charge in [0, 0.05) is 37.8 Å². The first kappa shape index (κ1) is 28.7. The molecular formula is C30H31FN6O5. The summed E-state index contributed by atoms with van der Waals surface area (Å²) in [5.74, 6) is -1.00. The van der Waals surface area contributed by atoms with E-state index in [1.807, 2.05) is 41.9 Å². The van der Waals surface area contributed by atoms with Gasteiger partial charge in [0.2, 0.25) is 5.88 Å². The fraction of sp³-hybridized carbons (Fsp3) is 0.300. The van der Waals surface area contributed by atoms with Crippen molar-refractivity contribution in [1.29, 1.82) is 0 Å². The first-order valence-corrected chi connectivity index (χ1v) is 13.7. The largest absolute Gasteiger partial charge is 0.436 e. The summed E-state index contributed by atoms with van der Waals surface area (Å²) in [5, 5.41) is 2.67. The normalized spacial score (nSPS) is 13.2. The molecule has 11 nitrogen and oxygen atoms in total. The van der Waals surface area contributed by atoms with Crippen molar-refractivity contribution in [3.05, 3.63) is 93.9 Å². The van der Waals surface area contributed by atoms with Crippen LogP contribution < -0.4 is 15.6 Å². The first-order chi connectivity index (χ1) is 20.4. The molecule has 1 aliphatic rings. The van der Waals surface area contributed by atoms with Gasteiger partial charge in [0.25, 0.3) is 5.56 Å². The van der Waals surface area contributed by atoms with Crippen LogP contribution in [0.1, 0.15) is 35.0 Å². The SMILES string of the molecule is CCCn1c(C)c(C(=O)Cc2ccc(Oc3cc(NC(=O)N4CCOCC4)ncn3)c(F)c2)c(=O)n1-c1ccccc1. The Morgan fingerprint density at radius 3 is 2.55 bits per heavy atom. The van der Waals surface area contributed by atoms with Gasteiger partial charge in [0.1, 0.15) is 17.7 Å². The highest BCUT2D eigenvalue weighted by Gasteiger charge is 2.24. The molecule has 2 amide bonds. The summed E-state index contributed by atoms with van der Waals surface area (Å²) in [6.07, 6.45) is 1.81. The Morgan fingerprint density at radius 1 is 1.07 bits per heavy atom. The number of amides is 2. The van der Waals surface area contributed by atoms with Crippen molar-refractivity contribution in [2.24, 2.45) is 0 Å². The second-order valence-corrected chi connectivity index (χ2v) is 9.77. The van der Waals surface area contributed by atoms with Crippen LogP contribution >= 0.6 is 0 Å². The Kier molecular flexibility index (Phi) is 8.72. The van der Waals surface area contributed by atoms with E-state index in [0.29, 0.717) is 49.8 Å². The van der Waals surface area contributed by atoms with Gasteiger partial charge in [-0.05, 0) is 43.2 Å². The van der Waals surface area contributed by atoms with E-state index in [9.17, 15) is 14.4 Å². The minimum absolute atomic E-state index is 0.0272. The zero-order valence-electron chi connectivity index (χ0n) is 23.4. The molecule has 5 rings (SSSR count). The maximum absolute atomic E-state index is 15.1. The summed E-state index contributed by atoms with van der Waals surface area (Å²) in [6.45, 7) is 6.16. The standard InChI is InChI=1S/C30H31FN6O5/c1-3-11-36-20(2)28(29(39)37(36)22-7-5-4-6-8-22)24(38)17-21-9-10-25(23(31)16-21)42-27-18-26(32-19-33-27)34-30(40)35-12-14-41-15-13-35/h4-10,16,18-19H,3,11-15,17H2,1-2H3,(H,32,33,34,40). The van der Waals surface area contributed by atoms with Gasteiger partial charge in [-0.25, -0.2) is 23.8 Å². The number of nitrogens with one attached hydrogen (secondary N) is 1. The number of morpholine rings is 1. The van der Waals surface area contributed by atoms with Gasteiger partial charge in [-0.1, -0.05) is 31.2 Å². The molecule has 0 spiro atoms. The van der Waals surface area contributed by atoms with E-state index in [-0.39, 0.29) is 35.5 Å². The van der Waals surface area contributed by atoms with Gasteiger partial charge < -0.3 is 14.4 Å². The number of hydrogen-bond acceptors (Lipinski definition) is 7. The van der Waals surface area contributed by atoms with E-state index >= 15 is 4.39 Å². The Balaban J connectivity index is 1.30. The quantitative estimate of drug-likeness (QED) is 0.295. The molecule has 3 heterocycles. The zero-order chi connectivity index (χ0) is 29.6. The van der Waals surface area contributed by atoms with Crippen LogP contribution in [0.5, 0.6) is 11.6 Å². The number of halogens is 1. The predicted molar refractivity (Wildman–Crippen MR) is 153 cm³/mol. The summed E-state index contributed by atoms with van der Waals surface area (Å²) >= 11 is 0. The topological polar surface area (TPSA) is 121 Å². The molecule has 1 N–H and O–H groups in total. The van der Waals surface area contributed by atoms with E-state index in [4.69, 9.17) is 9.47 Å². The van der Waals surface area contributed by atoms with Crippen LogP contribution in [0, 0.1) is 12.7 Å². The Bertz CT molecular complexity index is 1650. The second-order valence-electron chi connectivity index (χ2n) is 9.77. The minimum Gasteiger partial charge on any atom is -0.436 e. The van der Waals surface area contributed by atoms with Crippen molar-refractivity contribution in [2.75, 3.05) is 31.6 Å². The number of nitrogens with zero attached hydrogens (tertiary/aromatic N) is 5. The van der Waals surface area contributed by atoms with E-state index in [1.165, 1.54) is 29.2 Å². The fourth-order valence-electron chi connectivity index (χ4n) is 4.82. The third-order valence-electron chi connectivity index (χ3n) is 6.86. The number of urea groups is 1. The number of ether oxygens (including phenoxy) is 2. The van der Waals surface area contributed by atoms with Gasteiger partial charge in [-0.2, -0.15) is 0 Å². The molecule has 2 aromatic carbocycles. The lowest BCUT2D eigenvalue weighted by atomic mass is 10.0. The molecule has 1 saturated heterocycles. The molecule has 42 heavy (non-hydrogen) atoms. The number of ketones is 1. The lowest BCUT2D eigenvalue weighted by Crippen LogP contribution is -2.43. The highest BCUT2D eigenvalue weighted by molar-refractivity contribution is 5.98. The Labute approximate surface area is 241 Å². The summed E-state index contributed by atoms with van der Waals surface area (Å²) < 4.78 is 29.2. The number of anilines is 1. The van der Waals surface area contributed by atoms with Crippen LogP contribution in [0.4, 0.5) is 15.0 Å². The molecule has 0 aliphatic carbocycles. The molecule has 0 unspecified atom stereocenters. The summed E-state index contributed by atoms with van der Waals surface area (Å²) in [7, 11) is 0. The number of rotatable bonds is 9. The number of Topliss-reactive ketones (excluding diaryl/α,β-unsaturated/α-hetero) is 1. The molecule has 4 aromatic rings. The third kappa shape index (κ3) is 6.23. The van der Waals surface area contributed by atoms with Crippen LogP contribution in [-0.2, 0) is 17.7 Å². The average Bonchev–Trinajstić information content (AvgIpc) is 3.24. The van der Waals surface area contributed by atoms with Gasteiger partial charge in [-0.15, -0.1) is 0 Å². The van der Waals surface area contributed by atoms with Gasteiger partial charge in [0.15, 0.2) is 17.3 Å². The van der Waals surface area contributed by atoms with Crippen LogP contribution in [0.25, 0.3) is 5.69 Å². The van der Waals surface area contributed by atoms with Crippen molar-refractivity contribution in [1.82, 2.24) is 24.2 Å². The Morgan fingerprint density at radius 2 is 1.83 bits per heavy atom. The molecule has 0 atom stereocenters. The van der Waals surface area contributed by atoms with Crippen LogP contribution in [0.15, 0.2) is 65.7 Å². The van der Waals surface area contributed by atoms with E-state index in [0.717, 1.165) is 6.42 Å². The lowest BCUT2D eigenvalue weighted by molar-refractivity contribution is 0.0564. The lowest BCUT2D eigenvalue weighted by Gasteiger charge is -2.26. The zero-order valence-corrected chi connectivity index (χ0v) is 23.4. The highest BCUT2D eigenvalue weighted by Crippen LogP contribution is 2.26. The van der Waals surface area contributed by atoms with E-state index in [1.54, 1.807) is 17.9 Å². The van der Waals surface area contributed by atoms with Crippen LogP contribution in [0.3, 0.4) is 0 Å². The maximum atomic E-state index is 15.1. The summed E-state index contributed by atoms with van der Waals surface area (Å²) in [5.41, 5.74) is 1.30. The second kappa shape index (κ2) is 12.8. The smallest absolute Gasteiger partial charge is 0.323 e. The van der Waals surface area contributed by atoms with Crippen molar-refractivity contribution in [3.8, 4) is 17.3 Å². The van der Waals surface area contributed by atoms with Crippen molar-refractivity contribution in [2.45, 2.75) is 33.2 Å². The molecule has 1 fully saturated rings. The fourth-order valence-corrected chi connectivity index (χ4v) is 4.82. The monoisotopic (exact) mass is 574 g/mol. The van der Waals surface area contributed by atoms with Crippen LogP contribution in [0.2, 0.25) is 0 Å². The molecule has 2 aromatic heterocycles. The van der Waals surface area contributed by atoms with Gasteiger partial charge in [0.05, 0.1) is 18.9 Å². The third-order valence-corrected chi connectivity index (χ3v) is 6.86. The predicted octanol–water partition coefficient (Wildman–Crippen LogP) is 4.37. The number of carbonyl (C=O) groups excluding carboxylic acids is 2. The van der Waals surface area contributed by atoms with Crippen molar-refractivity contribution < 1.29 is 23.5 Å². The number of carbonyl (C=O) groups is 2. The molecule has 0 saturated carbocycles. The molecule has 0 radical (unpaired) electrons. The maximum Gasteiger partial charge on any atom is 0.323 e. The average molecular weight is 575 g/mol. The van der Waals surface area contributed by atoms with E-state index < -0.39 is 17.2 Å². The number of hydrogen-bond donors (Lipinski definition) is 1. The summed E-state index contributed by atoms with van der Waals surface area (Å²) in [6, 6.07) is 14.4. The number of benzene rings is 2. The van der Waals surface area contributed by atoms with E-state index in [2.05, 4.69) is 15.3 Å². The van der Waals surface area contributed by atoms with Gasteiger partial charge >= 0.3 is 6.03 Å². The molecule has 12 heteroatoms. The van der Waals surface area contributed by atoms with Crippen molar-refractivity contribution in [3.63, 3.8) is 0 Å². The number of para-hydroxylation sites is 1. The molecule has 0 bridgehead atoms. The molecule has 218 valence electrons. The van der Waals surface area contributed by atoms with Gasteiger partial charge in [-0.3, -0.25) is 19.6 Å². The molecule has 1 aliphatic heterocycles. The summed E-state index contributed by atoms with van der Waals surface area (Å²) in [4.78, 5) is 48.8.